The molecule has 0 aromatic heterocycles. The lowest BCUT2D eigenvalue weighted by molar-refractivity contribution is -0.132. The Bertz CT molecular complexity index is 1250. The van der Waals surface area contributed by atoms with E-state index in [-0.39, 0.29) is 21.9 Å². The molecule has 0 saturated carbocycles. The maximum Gasteiger partial charge on any atom is 0.300 e. The number of rotatable bonds is 4. The van der Waals surface area contributed by atoms with Crippen LogP contribution in [0.25, 0.3) is 5.76 Å². The molecule has 1 N–H and O–H groups in total. The minimum atomic E-state index is -0.807. The van der Waals surface area contributed by atoms with E-state index in [9.17, 15) is 14.7 Å². The summed E-state index contributed by atoms with van der Waals surface area (Å²) in [6, 6.07) is 18.7. The van der Waals surface area contributed by atoms with Gasteiger partial charge in [0.25, 0.3) is 11.7 Å². The number of ketones is 1. The number of nitrogens with zero attached hydrogens (tertiary/aromatic N) is 1. The molecule has 1 amide bonds. The Morgan fingerprint density at radius 3 is 2.41 bits per heavy atom. The van der Waals surface area contributed by atoms with Crippen LogP contribution in [0.4, 0.5) is 5.69 Å². The van der Waals surface area contributed by atoms with Gasteiger partial charge in [-0.15, -0.1) is 0 Å². The topological polar surface area (TPSA) is 66.8 Å². The molecule has 0 spiro atoms. The molecule has 1 unspecified atom stereocenters. The summed E-state index contributed by atoms with van der Waals surface area (Å²) in [6.07, 6.45) is 0. The first-order valence-corrected chi connectivity index (χ1v) is 10.5. The van der Waals surface area contributed by atoms with Gasteiger partial charge in [0.1, 0.15) is 11.5 Å². The van der Waals surface area contributed by atoms with Crippen LogP contribution in [0.3, 0.4) is 0 Å². The van der Waals surface area contributed by atoms with Crippen LogP contribution in [-0.4, -0.2) is 23.9 Å². The van der Waals surface area contributed by atoms with Crippen molar-refractivity contribution in [2.45, 2.75) is 19.9 Å². The van der Waals surface area contributed by atoms with Crippen molar-refractivity contribution in [2.24, 2.45) is 0 Å². The summed E-state index contributed by atoms with van der Waals surface area (Å²) >= 11 is 6.34. The molecule has 3 aromatic rings. The number of hydrogen-bond acceptors (Lipinski definition) is 4. The molecular formula is C26H22ClNO4. The molecule has 3 aromatic carbocycles. The maximum absolute atomic E-state index is 13.3. The number of anilines is 1. The van der Waals surface area contributed by atoms with Crippen LogP contribution in [0.1, 0.15) is 28.3 Å². The van der Waals surface area contributed by atoms with Gasteiger partial charge in [-0.25, -0.2) is 0 Å². The average Bonchev–Trinajstić information content (AvgIpc) is 3.06. The molecule has 162 valence electrons. The van der Waals surface area contributed by atoms with Crippen LogP contribution in [0.5, 0.6) is 5.75 Å². The SMILES string of the molecule is COc1ccc(Cl)c(/C(O)=C2\C(=O)C(=O)N(c3cccc(C)c3C)C2c2ccccc2)c1. The number of hydrogen-bond donors (Lipinski definition) is 1. The second kappa shape index (κ2) is 8.52. The lowest BCUT2D eigenvalue weighted by Crippen LogP contribution is -2.30. The van der Waals surface area contributed by atoms with Crippen molar-refractivity contribution >= 4 is 34.7 Å². The van der Waals surface area contributed by atoms with Gasteiger partial charge in [-0.2, -0.15) is 0 Å². The van der Waals surface area contributed by atoms with Crippen LogP contribution in [0.2, 0.25) is 5.02 Å². The zero-order valence-corrected chi connectivity index (χ0v) is 18.7. The molecule has 0 bridgehead atoms. The highest BCUT2D eigenvalue weighted by atomic mass is 35.5. The number of aliphatic hydroxyl groups is 1. The van der Waals surface area contributed by atoms with Gasteiger partial charge in [-0.1, -0.05) is 54.1 Å². The molecule has 1 aliphatic heterocycles. The molecule has 6 heteroatoms. The fourth-order valence-corrected chi connectivity index (χ4v) is 4.19. The minimum absolute atomic E-state index is 0.0164. The summed E-state index contributed by atoms with van der Waals surface area (Å²) in [5.41, 5.74) is 3.41. The van der Waals surface area contributed by atoms with Gasteiger partial charge in [0, 0.05) is 11.3 Å². The Hall–Kier alpha value is -3.57. The van der Waals surface area contributed by atoms with Gasteiger partial charge in [-0.3, -0.25) is 14.5 Å². The van der Waals surface area contributed by atoms with Gasteiger partial charge in [0.15, 0.2) is 0 Å². The van der Waals surface area contributed by atoms with E-state index in [1.165, 1.54) is 12.0 Å². The summed E-state index contributed by atoms with van der Waals surface area (Å²) in [5.74, 6) is -1.34. The van der Waals surface area contributed by atoms with Crippen molar-refractivity contribution in [3.8, 4) is 5.75 Å². The second-order valence-electron chi connectivity index (χ2n) is 7.64. The number of aliphatic hydroxyl groups excluding tert-OH is 1. The first-order chi connectivity index (χ1) is 15.3. The molecule has 32 heavy (non-hydrogen) atoms. The first-order valence-electron chi connectivity index (χ1n) is 10.1. The van der Waals surface area contributed by atoms with Crippen LogP contribution >= 0.6 is 11.6 Å². The fraction of sp³-hybridized carbons (Fsp3) is 0.154. The lowest BCUT2D eigenvalue weighted by atomic mass is 9.94. The Kier molecular flexibility index (Phi) is 5.76. The molecule has 5 nitrogen and oxygen atoms in total. The van der Waals surface area contributed by atoms with Crippen molar-refractivity contribution in [1.82, 2.24) is 0 Å². The molecule has 0 radical (unpaired) electrons. The highest BCUT2D eigenvalue weighted by molar-refractivity contribution is 6.52. The highest BCUT2D eigenvalue weighted by Gasteiger charge is 2.47. The van der Waals surface area contributed by atoms with E-state index in [0.717, 1.165) is 11.1 Å². The molecule has 4 rings (SSSR count). The van der Waals surface area contributed by atoms with E-state index in [0.29, 0.717) is 17.0 Å². The van der Waals surface area contributed by atoms with Gasteiger partial charge in [0.2, 0.25) is 0 Å². The van der Waals surface area contributed by atoms with Crippen LogP contribution < -0.4 is 9.64 Å². The average molecular weight is 448 g/mol. The summed E-state index contributed by atoms with van der Waals surface area (Å²) in [7, 11) is 1.50. The lowest BCUT2D eigenvalue weighted by Gasteiger charge is -2.27. The van der Waals surface area contributed by atoms with Gasteiger partial charge < -0.3 is 9.84 Å². The maximum atomic E-state index is 13.3. The first kappa shape index (κ1) is 21.7. The van der Waals surface area contributed by atoms with E-state index < -0.39 is 17.7 Å². The number of ether oxygens (including phenoxy) is 1. The summed E-state index contributed by atoms with van der Waals surface area (Å²) in [4.78, 5) is 28.0. The number of methoxy groups -OCH3 is 1. The molecule has 1 aliphatic rings. The van der Waals surface area contributed by atoms with Crippen molar-refractivity contribution in [2.75, 3.05) is 12.0 Å². The third kappa shape index (κ3) is 3.55. The van der Waals surface area contributed by atoms with Gasteiger partial charge in [0.05, 0.1) is 23.7 Å². The number of aryl methyl sites for hydroxylation is 1. The Balaban J connectivity index is 2.00. The monoisotopic (exact) mass is 447 g/mol. The van der Waals surface area contributed by atoms with Gasteiger partial charge in [-0.05, 0) is 54.8 Å². The Morgan fingerprint density at radius 1 is 1.00 bits per heavy atom. The number of carbonyl (C=O) groups is 2. The zero-order chi connectivity index (χ0) is 23.0. The quantitative estimate of drug-likeness (QED) is 0.321. The normalized spacial score (nSPS) is 17.6. The van der Waals surface area contributed by atoms with Crippen molar-refractivity contribution in [3.63, 3.8) is 0 Å². The molecule has 1 heterocycles. The number of Topliss-reactive ketones (excluding diaryl/α,β-unsaturated/α-hetero) is 1. The summed E-state index contributed by atoms with van der Waals surface area (Å²) in [5, 5.41) is 11.5. The molecule has 1 fully saturated rings. The standard InChI is InChI=1S/C26H22ClNO4/c1-15-8-7-11-21(16(15)2)28-23(17-9-5-4-6-10-17)22(25(30)26(28)31)24(29)19-14-18(32-3)12-13-20(19)27/h4-14,23,29H,1-3H3/b24-22+. The van der Waals surface area contributed by atoms with E-state index in [1.807, 2.05) is 62.4 Å². The van der Waals surface area contributed by atoms with Crippen LogP contribution in [0.15, 0.2) is 72.3 Å². The van der Waals surface area contributed by atoms with Crippen LogP contribution in [-0.2, 0) is 9.59 Å². The Morgan fingerprint density at radius 2 is 1.72 bits per heavy atom. The number of benzene rings is 3. The van der Waals surface area contributed by atoms with E-state index in [4.69, 9.17) is 16.3 Å². The molecule has 1 atom stereocenters. The van der Waals surface area contributed by atoms with Crippen molar-refractivity contribution in [1.29, 1.82) is 0 Å². The van der Waals surface area contributed by atoms with Crippen molar-refractivity contribution in [3.05, 3.63) is 99.6 Å². The van der Waals surface area contributed by atoms with E-state index in [2.05, 4.69) is 0 Å². The number of halogens is 1. The smallest absolute Gasteiger partial charge is 0.300 e. The number of carbonyl (C=O) groups excluding carboxylic acids is 2. The molecule has 0 aliphatic carbocycles. The predicted octanol–water partition coefficient (Wildman–Crippen LogP) is 5.59. The minimum Gasteiger partial charge on any atom is -0.507 e. The third-order valence-corrected chi connectivity index (χ3v) is 6.15. The van der Waals surface area contributed by atoms with E-state index >= 15 is 0 Å². The largest absolute Gasteiger partial charge is 0.507 e. The van der Waals surface area contributed by atoms with Gasteiger partial charge >= 0.3 is 0 Å². The Labute approximate surface area is 191 Å². The zero-order valence-electron chi connectivity index (χ0n) is 17.9. The second-order valence-corrected chi connectivity index (χ2v) is 8.05. The van der Waals surface area contributed by atoms with Crippen LogP contribution in [0, 0.1) is 13.8 Å². The van der Waals surface area contributed by atoms with E-state index in [1.54, 1.807) is 18.2 Å². The van der Waals surface area contributed by atoms with Crippen molar-refractivity contribution < 1.29 is 19.4 Å². The summed E-state index contributed by atoms with van der Waals surface area (Å²) in [6.45, 7) is 3.86. The third-order valence-electron chi connectivity index (χ3n) is 5.82. The fourth-order valence-electron chi connectivity index (χ4n) is 3.99. The molecule has 1 saturated heterocycles. The highest BCUT2D eigenvalue weighted by Crippen LogP contribution is 2.44. The number of amides is 1. The molecular weight excluding hydrogens is 426 g/mol. The predicted molar refractivity (Wildman–Crippen MR) is 125 cm³/mol. The summed E-state index contributed by atoms with van der Waals surface area (Å²) < 4.78 is 5.25.